The standard InChI is InChI=1S/C10H15N3O/c1-3-14-9-6-8(11-2)12-10(13-9)7-4-5-7/h6-7H,3-5H2,1-2H3,(H,11,12,13). The Hall–Kier alpha value is -1.32. The SMILES string of the molecule is CCOc1cc(NC)nc(C2CC2)n1. The molecule has 0 amide bonds. The van der Waals surface area contributed by atoms with E-state index < -0.39 is 0 Å². The number of hydrogen-bond donors (Lipinski definition) is 1. The third-order valence-corrected chi connectivity index (χ3v) is 2.21. The lowest BCUT2D eigenvalue weighted by molar-refractivity contribution is 0.325. The van der Waals surface area contributed by atoms with Gasteiger partial charge in [0.2, 0.25) is 5.88 Å². The van der Waals surface area contributed by atoms with Gasteiger partial charge >= 0.3 is 0 Å². The van der Waals surface area contributed by atoms with Gasteiger partial charge in [-0.15, -0.1) is 0 Å². The minimum Gasteiger partial charge on any atom is -0.478 e. The van der Waals surface area contributed by atoms with Gasteiger partial charge in [-0.2, -0.15) is 4.98 Å². The fraction of sp³-hybridized carbons (Fsp3) is 0.600. The second kappa shape index (κ2) is 3.82. The second-order valence-corrected chi connectivity index (χ2v) is 3.41. The zero-order chi connectivity index (χ0) is 9.97. The highest BCUT2D eigenvalue weighted by Gasteiger charge is 2.27. The molecule has 1 fully saturated rings. The molecule has 2 rings (SSSR count). The lowest BCUT2D eigenvalue weighted by atomic mass is 10.4. The molecule has 0 bridgehead atoms. The monoisotopic (exact) mass is 193 g/mol. The van der Waals surface area contributed by atoms with Gasteiger partial charge in [0.1, 0.15) is 11.6 Å². The van der Waals surface area contributed by atoms with Gasteiger partial charge in [0.05, 0.1) is 6.61 Å². The molecule has 1 aromatic heterocycles. The number of hydrogen-bond acceptors (Lipinski definition) is 4. The summed E-state index contributed by atoms with van der Waals surface area (Å²) in [6.45, 7) is 2.60. The van der Waals surface area contributed by atoms with Crippen molar-refractivity contribution in [3.8, 4) is 5.88 Å². The van der Waals surface area contributed by atoms with E-state index in [0.29, 0.717) is 18.4 Å². The normalized spacial score (nSPS) is 15.3. The van der Waals surface area contributed by atoms with E-state index in [9.17, 15) is 0 Å². The van der Waals surface area contributed by atoms with Gasteiger partial charge in [-0.25, -0.2) is 4.98 Å². The molecule has 76 valence electrons. The summed E-state index contributed by atoms with van der Waals surface area (Å²) < 4.78 is 5.38. The molecule has 4 heteroatoms. The molecular formula is C10H15N3O. The molecule has 0 atom stereocenters. The zero-order valence-electron chi connectivity index (χ0n) is 8.58. The van der Waals surface area contributed by atoms with Gasteiger partial charge in [-0.05, 0) is 19.8 Å². The van der Waals surface area contributed by atoms with E-state index in [-0.39, 0.29) is 0 Å². The summed E-state index contributed by atoms with van der Waals surface area (Å²) in [6.07, 6.45) is 2.41. The molecule has 0 spiro atoms. The van der Waals surface area contributed by atoms with Gasteiger partial charge in [0, 0.05) is 19.0 Å². The molecule has 0 saturated heterocycles. The maximum Gasteiger partial charge on any atom is 0.218 e. The Labute approximate surface area is 83.7 Å². The predicted octanol–water partition coefficient (Wildman–Crippen LogP) is 1.79. The average molecular weight is 193 g/mol. The lowest BCUT2D eigenvalue weighted by Gasteiger charge is -2.06. The highest BCUT2D eigenvalue weighted by molar-refractivity contribution is 5.38. The second-order valence-electron chi connectivity index (χ2n) is 3.41. The molecule has 4 nitrogen and oxygen atoms in total. The van der Waals surface area contributed by atoms with Crippen LogP contribution >= 0.6 is 0 Å². The number of nitrogens with one attached hydrogen (secondary N) is 1. The molecule has 1 aliphatic rings. The minimum absolute atomic E-state index is 0.558. The highest BCUT2D eigenvalue weighted by atomic mass is 16.5. The van der Waals surface area contributed by atoms with Crippen LogP contribution in [0.2, 0.25) is 0 Å². The Morgan fingerprint density at radius 1 is 1.50 bits per heavy atom. The van der Waals surface area contributed by atoms with E-state index in [1.807, 2.05) is 20.0 Å². The van der Waals surface area contributed by atoms with E-state index in [2.05, 4.69) is 15.3 Å². The number of aromatic nitrogens is 2. The Morgan fingerprint density at radius 2 is 2.29 bits per heavy atom. The summed E-state index contributed by atoms with van der Waals surface area (Å²) in [7, 11) is 1.86. The van der Waals surface area contributed by atoms with Gasteiger partial charge in [-0.1, -0.05) is 0 Å². The van der Waals surface area contributed by atoms with Crippen molar-refractivity contribution in [3.05, 3.63) is 11.9 Å². The first kappa shape index (κ1) is 9.24. The largest absolute Gasteiger partial charge is 0.478 e. The van der Waals surface area contributed by atoms with Gasteiger partial charge in [0.15, 0.2) is 0 Å². The highest BCUT2D eigenvalue weighted by Crippen LogP contribution is 2.38. The number of nitrogens with zero attached hydrogens (tertiary/aromatic N) is 2. The topological polar surface area (TPSA) is 47.0 Å². The first-order valence-corrected chi connectivity index (χ1v) is 5.03. The van der Waals surface area contributed by atoms with Crippen LogP contribution < -0.4 is 10.1 Å². The quantitative estimate of drug-likeness (QED) is 0.792. The number of ether oxygens (including phenoxy) is 1. The van der Waals surface area contributed by atoms with Crippen LogP contribution in [0.15, 0.2) is 6.07 Å². The van der Waals surface area contributed by atoms with Crippen LogP contribution in [-0.2, 0) is 0 Å². The maximum atomic E-state index is 5.38. The summed E-state index contributed by atoms with van der Waals surface area (Å²) in [4.78, 5) is 8.75. The molecule has 14 heavy (non-hydrogen) atoms. The van der Waals surface area contributed by atoms with Crippen LogP contribution in [-0.4, -0.2) is 23.6 Å². The molecule has 1 aromatic rings. The van der Waals surface area contributed by atoms with Crippen LogP contribution in [0.5, 0.6) is 5.88 Å². The van der Waals surface area contributed by atoms with Crippen molar-refractivity contribution < 1.29 is 4.74 Å². The fourth-order valence-corrected chi connectivity index (χ4v) is 1.32. The van der Waals surface area contributed by atoms with E-state index in [1.165, 1.54) is 12.8 Å². The molecule has 1 aliphatic carbocycles. The van der Waals surface area contributed by atoms with Crippen molar-refractivity contribution in [2.75, 3.05) is 19.0 Å². The van der Waals surface area contributed by atoms with Crippen molar-refractivity contribution in [3.63, 3.8) is 0 Å². The van der Waals surface area contributed by atoms with Crippen molar-refractivity contribution in [2.24, 2.45) is 0 Å². The van der Waals surface area contributed by atoms with Gasteiger partial charge in [0.25, 0.3) is 0 Å². The Morgan fingerprint density at radius 3 is 2.86 bits per heavy atom. The molecule has 1 saturated carbocycles. The molecule has 0 radical (unpaired) electrons. The van der Waals surface area contributed by atoms with Crippen LogP contribution in [0, 0.1) is 0 Å². The molecule has 1 N–H and O–H groups in total. The zero-order valence-corrected chi connectivity index (χ0v) is 8.58. The van der Waals surface area contributed by atoms with Crippen molar-refractivity contribution in [1.82, 2.24) is 9.97 Å². The molecule has 0 unspecified atom stereocenters. The van der Waals surface area contributed by atoms with Crippen LogP contribution in [0.1, 0.15) is 31.5 Å². The van der Waals surface area contributed by atoms with Gasteiger partial charge < -0.3 is 10.1 Å². The van der Waals surface area contributed by atoms with Gasteiger partial charge in [-0.3, -0.25) is 0 Å². The first-order valence-electron chi connectivity index (χ1n) is 5.03. The molecular weight excluding hydrogens is 178 g/mol. The maximum absolute atomic E-state index is 5.38. The molecule has 0 aliphatic heterocycles. The number of rotatable bonds is 4. The Bertz CT molecular complexity index is 323. The van der Waals surface area contributed by atoms with Crippen LogP contribution in [0.4, 0.5) is 5.82 Å². The smallest absolute Gasteiger partial charge is 0.218 e. The van der Waals surface area contributed by atoms with Crippen LogP contribution in [0.25, 0.3) is 0 Å². The van der Waals surface area contributed by atoms with E-state index in [4.69, 9.17) is 4.74 Å². The Kier molecular flexibility index (Phi) is 2.52. The van der Waals surface area contributed by atoms with E-state index in [0.717, 1.165) is 11.6 Å². The van der Waals surface area contributed by atoms with E-state index >= 15 is 0 Å². The Balaban J connectivity index is 2.26. The summed E-state index contributed by atoms with van der Waals surface area (Å²) in [6, 6.07) is 1.83. The molecule has 0 aromatic carbocycles. The minimum atomic E-state index is 0.558. The summed E-state index contributed by atoms with van der Waals surface area (Å²) >= 11 is 0. The van der Waals surface area contributed by atoms with Crippen molar-refractivity contribution in [2.45, 2.75) is 25.7 Å². The third-order valence-electron chi connectivity index (χ3n) is 2.21. The fourth-order valence-electron chi connectivity index (χ4n) is 1.32. The summed E-state index contributed by atoms with van der Waals surface area (Å²) in [5, 5.41) is 3.02. The molecule has 1 heterocycles. The average Bonchev–Trinajstić information content (AvgIpc) is 3.01. The van der Waals surface area contributed by atoms with Crippen molar-refractivity contribution in [1.29, 1.82) is 0 Å². The third kappa shape index (κ3) is 1.95. The summed E-state index contributed by atoms with van der Waals surface area (Å²) in [5.74, 6) is 2.99. The van der Waals surface area contributed by atoms with Crippen molar-refractivity contribution >= 4 is 5.82 Å². The first-order chi connectivity index (χ1) is 6.83. The lowest BCUT2D eigenvalue weighted by Crippen LogP contribution is -2.02. The van der Waals surface area contributed by atoms with Crippen LogP contribution in [0.3, 0.4) is 0 Å². The summed E-state index contributed by atoms with van der Waals surface area (Å²) in [5.41, 5.74) is 0. The number of anilines is 1. The van der Waals surface area contributed by atoms with E-state index in [1.54, 1.807) is 0 Å². The predicted molar refractivity (Wildman–Crippen MR) is 54.7 cm³/mol.